The molecule has 2 aromatic carbocycles. The van der Waals surface area contributed by atoms with Crippen LogP contribution in [0.5, 0.6) is 0 Å². The Hall–Kier alpha value is -2.36. The Morgan fingerprint density at radius 1 is 1.10 bits per heavy atom. The van der Waals surface area contributed by atoms with Gasteiger partial charge >= 0.3 is 0 Å². The van der Waals surface area contributed by atoms with Crippen molar-refractivity contribution in [3.8, 4) is 0 Å². The Morgan fingerprint density at radius 3 is 2.65 bits per heavy atom. The van der Waals surface area contributed by atoms with Crippen LogP contribution < -0.4 is 10.6 Å². The number of nitrogens with one attached hydrogen (secondary N) is 2. The van der Waals surface area contributed by atoms with Gasteiger partial charge in [0.1, 0.15) is 11.9 Å². The lowest BCUT2D eigenvalue weighted by Gasteiger charge is -2.14. The minimum Gasteiger partial charge on any atom is -0.370 e. The first kappa shape index (κ1) is 12.7. The summed E-state index contributed by atoms with van der Waals surface area (Å²) in [6.45, 7) is 4.07. The van der Waals surface area contributed by atoms with Gasteiger partial charge in [-0.05, 0) is 49.2 Å². The SMILES string of the molecule is Cc1ccc(NC2C(=O)Nc3cc(F)ccc32)cc1C. The number of halogens is 1. The Balaban J connectivity index is 1.92. The fraction of sp³-hybridized carbons (Fsp3) is 0.188. The largest absolute Gasteiger partial charge is 0.370 e. The van der Waals surface area contributed by atoms with Crippen molar-refractivity contribution in [3.63, 3.8) is 0 Å². The van der Waals surface area contributed by atoms with Gasteiger partial charge in [0.15, 0.2) is 0 Å². The van der Waals surface area contributed by atoms with Crippen LogP contribution in [0.25, 0.3) is 0 Å². The van der Waals surface area contributed by atoms with Gasteiger partial charge < -0.3 is 10.6 Å². The van der Waals surface area contributed by atoms with Gasteiger partial charge in [-0.3, -0.25) is 4.79 Å². The number of amides is 1. The molecule has 3 rings (SSSR count). The number of rotatable bonds is 2. The van der Waals surface area contributed by atoms with Crippen LogP contribution in [-0.4, -0.2) is 5.91 Å². The van der Waals surface area contributed by atoms with Crippen LogP contribution in [0, 0.1) is 19.7 Å². The highest BCUT2D eigenvalue weighted by atomic mass is 19.1. The minimum atomic E-state index is -0.479. The summed E-state index contributed by atoms with van der Waals surface area (Å²) in [4.78, 5) is 12.0. The zero-order valence-electron chi connectivity index (χ0n) is 11.3. The summed E-state index contributed by atoms with van der Waals surface area (Å²) in [7, 11) is 0. The number of hydrogen-bond donors (Lipinski definition) is 2. The molecule has 2 aromatic rings. The quantitative estimate of drug-likeness (QED) is 0.876. The molecule has 0 fully saturated rings. The van der Waals surface area contributed by atoms with Crippen LogP contribution in [0.4, 0.5) is 15.8 Å². The van der Waals surface area contributed by atoms with Crippen molar-refractivity contribution >= 4 is 17.3 Å². The Morgan fingerprint density at radius 2 is 1.90 bits per heavy atom. The molecule has 0 saturated carbocycles. The van der Waals surface area contributed by atoms with Crippen LogP contribution in [0.15, 0.2) is 36.4 Å². The van der Waals surface area contributed by atoms with Gasteiger partial charge in [0.25, 0.3) is 5.91 Å². The molecule has 1 atom stereocenters. The van der Waals surface area contributed by atoms with Crippen LogP contribution in [0.1, 0.15) is 22.7 Å². The van der Waals surface area contributed by atoms with Gasteiger partial charge in [0.05, 0.1) is 0 Å². The number of anilines is 2. The highest BCUT2D eigenvalue weighted by molar-refractivity contribution is 6.04. The summed E-state index contributed by atoms with van der Waals surface area (Å²) in [6, 6.07) is 9.83. The van der Waals surface area contributed by atoms with Crippen LogP contribution >= 0.6 is 0 Å². The Bertz CT molecular complexity index is 697. The van der Waals surface area contributed by atoms with Gasteiger partial charge in [-0.25, -0.2) is 4.39 Å². The van der Waals surface area contributed by atoms with E-state index in [9.17, 15) is 9.18 Å². The first-order valence-electron chi connectivity index (χ1n) is 6.49. The summed E-state index contributed by atoms with van der Waals surface area (Å²) >= 11 is 0. The van der Waals surface area contributed by atoms with E-state index in [1.165, 1.54) is 17.7 Å². The third-order valence-electron chi connectivity index (χ3n) is 3.66. The summed E-state index contributed by atoms with van der Waals surface area (Å²) in [6.07, 6.45) is 0. The predicted molar refractivity (Wildman–Crippen MR) is 77.3 cm³/mol. The van der Waals surface area contributed by atoms with Crippen LogP contribution in [0.2, 0.25) is 0 Å². The van der Waals surface area contributed by atoms with Crippen molar-refractivity contribution in [2.24, 2.45) is 0 Å². The maximum atomic E-state index is 13.2. The summed E-state index contributed by atoms with van der Waals surface area (Å²) in [5, 5.41) is 5.89. The molecule has 1 aliphatic heterocycles. The van der Waals surface area contributed by atoms with Crippen LogP contribution in [0.3, 0.4) is 0 Å². The molecule has 102 valence electrons. The average Bonchev–Trinajstić information content (AvgIpc) is 2.69. The molecule has 0 bridgehead atoms. The first-order chi connectivity index (χ1) is 9.54. The van der Waals surface area contributed by atoms with E-state index >= 15 is 0 Å². The fourth-order valence-electron chi connectivity index (χ4n) is 2.38. The average molecular weight is 270 g/mol. The third kappa shape index (κ3) is 2.13. The lowest BCUT2D eigenvalue weighted by Crippen LogP contribution is -2.19. The van der Waals surface area contributed by atoms with Crippen molar-refractivity contribution in [1.82, 2.24) is 0 Å². The van der Waals surface area contributed by atoms with E-state index in [4.69, 9.17) is 0 Å². The van der Waals surface area contributed by atoms with Crippen molar-refractivity contribution in [3.05, 3.63) is 58.9 Å². The van der Waals surface area contributed by atoms with E-state index < -0.39 is 6.04 Å². The molecule has 0 radical (unpaired) electrons. The molecule has 1 aliphatic rings. The van der Waals surface area contributed by atoms with E-state index in [0.29, 0.717) is 5.69 Å². The van der Waals surface area contributed by atoms with E-state index in [1.807, 2.05) is 32.0 Å². The summed E-state index contributed by atoms with van der Waals surface area (Å²) in [5.74, 6) is -0.514. The first-order valence-corrected chi connectivity index (χ1v) is 6.49. The molecule has 20 heavy (non-hydrogen) atoms. The maximum Gasteiger partial charge on any atom is 0.251 e. The van der Waals surface area contributed by atoms with Crippen molar-refractivity contribution in [1.29, 1.82) is 0 Å². The van der Waals surface area contributed by atoms with Gasteiger partial charge in [-0.15, -0.1) is 0 Å². The minimum absolute atomic E-state index is 0.163. The van der Waals surface area contributed by atoms with E-state index in [1.54, 1.807) is 6.07 Å². The molecule has 0 aromatic heterocycles. The predicted octanol–water partition coefficient (Wildman–Crippen LogP) is 3.55. The second-order valence-corrected chi connectivity index (χ2v) is 5.10. The van der Waals surface area contributed by atoms with E-state index in [2.05, 4.69) is 10.6 Å². The maximum absolute atomic E-state index is 13.2. The number of hydrogen-bond acceptors (Lipinski definition) is 2. The van der Waals surface area contributed by atoms with Crippen molar-refractivity contribution in [2.45, 2.75) is 19.9 Å². The number of benzene rings is 2. The number of fused-ring (bicyclic) bond motifs is 1. The second-order valence-electron chi connectivity index (χ2n) is 5.10. The molecule has 0 saturated heterocycles. The lowest BCUT2D eigenvalue weighted by molar-refractivity contribution is -0.116. The molecule has 2 N–H and O–H groups in total. The normalized spacial score (nSPS) is 16.8. The Labute approximate surface area is 116 Å². The zero-order valence-corrected chi connectivity index (χ0v) is 11.3. The molecule has 4 heteroatoms. The zero-order chi connectivity index (χ0) is 14.3. The fourth-order valence-corrected chi connectivity index (χ4v) is 2.38. The van der Waals surface area contributed by atoms with E-state index in [0.717, 1.165) is 16.8 Å². The molecule has 1 unspecified atom stereocenters. The highest BCUT2D eigenvalue weighted by Crippen LogP contribution is 2.33. The van der Waals surface area contributed by atoms with Gasteiger partial charge in [-0.1, -0.05) is 12.1 Å². The third-order valence-corrected chi connectivity index (χ3v) is 3.66. The molecular weight excluding hydrogens is 255 g/mol. The topological polar surface area (TPSA) is 41.1 Å². The highest BCUT2D eigenvalue weighted by Gasteiger charge is 2.30. The molecule has 0 aliphatic carbocycles. The standard InChI is InChI=1S/C16H15FN2O/c1-9-3-5-12(7-10(9)2)18-15-13-6-4-11(17)8-14(13)19-16(15)20/h3-8,15,18H,1-2H3,(H,19,20). The summed E-state index contributed by atoms with van der Waals surface area (Å²) < 4.78 is 13.2. The number of aryl methyl sites for hydroxylation is 2. The van der Waals surface area contributed by atoms with Crippen LogP contribution in [-0.2, 0) is 4.79 Å². The van der Waals surface area contributed by atoms with Gasteiger partial charge in [-0.2, -0.15) is 0 Å². The monoisotopic (exact) mass is 270 g/mol. The lowest BCUT2D eigenvalue weighted by atomic mass is 10.1. The number of carbonyl (C=O) groups excluding carboxylic acids is 1. The smallest absolute Gasteiger partial charge is 0.251 e. The molecule has 0 spiro atoms. The van der Waals surface area contributed by atoms with Crippen molar-refractivity contribution < 1.29 is 9.18 Å². The van der Waals surface area contributed by atoms with E-state index in [-0.39, 0.29) is 11.7 Å². The molecule has 1 heterocycles. The second kappa shape index (κ2) is 4.63. The van der Waals surface area contributed by atoms with Gasteiger partial charge in [0, 0.05) is 16.9 Å². The number of carbonyl (C=O) groups is 1. The Kier molecular flexibility index (Phi) is 2.93. The summed E-state index contributed by atoms with van der Waals surface area (Å²) in [5.41, 5.74) is 4.55. The molecule has 1 amide bonds. The van der Waals surface area contributed by atoms with Crippen molar-refractivity contribution in [2.75, 3.05) is 10.6 Å². The van der Waals surface area contributed by atoms with Gasteiger partial charge in [0.2, 0.25) is 0 Å². The molecular formula is C16H15FN2O. The molecule has 3 nitrogen and oxygen atoms in total.